The summed E-state index contributed by atoms with van der Waals surface area (Å²) in [5.41, 5.74) is -0.894. The van der Waals surface area contributed by atoms with Crippen molar-refractivity contribution in [2.75, 3.05) is 0 Å². The fourth-order valence-electron chi connectivity index (χ4n) is 1.06. The Morgan fingerprint density at radius 1 is 1.62 bits per heavy atom. The van der Waals surface area contributed by atoms with Crippen LogP contribution in [0.15, 0.2) is 11.0 Å². The van der Waals surface area contributed by atoms with Crippen molar-refractivity contribution in [3.05, 3.63) is 32.2 Å². The van der Waals surface area contributed by atoms with Crippen LogP contribution in [0.25, 0.3) is 5.65 Å². The molecule has 0 spiro atoms. The minimum absolute atomic E-state index is 0. The molecule has 0 aliphatic heterocycles. The average molecular weight is 230 g/mol. The third-order valence-corrected chi connectivity index (χ3v) is 1.72. The Morgan fingerprint density at radius 3 is 2.88 bits per heavy atom. The summed E-state index contributed by atoms with van der Waals surface area (Å²) in [6.07, 6.45) is 1.22. The quantitative estimate of drug-likeness (QED) is 0.305. The second-order valence-corrected chi connectivity index (χ2v) is 2.54. The average Bonchev–Trinajstić information content (AvgIpc) is 2.61. The van der Waals surface area contributed by atoms with Gasteiger partial charge in [-0.25, -0.2) is 0 Å². The number of fused-ring (bicyclic) bond motifs is 1. The number of rotatable bonds is 1. The van der Waals surface area contributed by atoms with Gasteiger partial charge in [0.25, 0.3) is 0 Å². The Morgan fingerprint density at radius 2 is 2.31 bits per heavy atom. The molecule has 16 heavy (non-hydrogen) atoms. The number of nitriles is 1. The van der Waals surface area contributed by atoms with Crippen molar-refractivity contribution in [1.82, 2.24) is 19.8 Å². The van der Waals surface area contributed by atoms with Crippen LogP contribution < -0.4 is 35.1 Å². The smallest absolute Gasteiger partial charge is 1.00 e. The number of nitrogens with zero attached hydrogens (tertiary/aromatic N) is 5. The molecule has 0 aliphatic carbocycles. The van der Waals surface area contributed by atoms with Crippen molar-refractivity contribution in [3.63, 3.8) is 0 Å². The van der Waals surface area contributed by atoms with E-state index in [9.17, 15) is 14.9 Å². The number of aromatic nitrogens is 4. The molecule has 0 unspecified atom stereocenters. The molecule has 2 aromatic heterocycles. The molecular weight excluding hydrogens is 227 g/mol. The fraction of sp³-hybridized carbons (Fsp3) is 0. The van der Waals surface area contributed by atoms with Gasteiger partial charge in [-0.3, -0.25) is 9.89 Å². The first kappa shape index (κ1) is 12.3. The maximum Gasteiger partial charge on any atom is 1.00 e. The summed E-state index contributed by atoms with van der Waals surface area (Å²) in [6.45, 7) is 0. The predicted octanol–water partition coefficient (Wildman–Crippen LogP) is -3.69. The molecule has 1 N–H and O–H groups in total. The Kier molecular flexibility index (Phi) is 3.38. The largest absolute Gasteiger partial charge is 1.00 e. The van der Waals surface area contributed by atoms with Gasteiger partial charge >= 0.3 is 40.9 Å². The van der Waals surface area contributed by atoms with Crippen LogP contribution in [0.2, 0.25) is 0 Å². The summed E-state index contributed by atoms with van der Waals surface area (Å²) >= 11 is 0. The van der Waals surface area contributed by atoms with Gasteiger partial charge in [0.2, 0.25) is 5.65 Å². The zero-order valence-corrected chi connectivity index (χ0v) is 10.0. The third kappa shape index (κ3) is 1.69. The van der Waals surface area contributed by atoms with E-state index < -0.39 is 16.3 Å². The van der Waals surface area contributed by atoms with Gasteiger partial charge in [-0.15, -0.1) is 0 Å². The standard InChI is InChI=1S/C6H2N6O3.Na.H/c7-1-3-2-8-11-4(3)9-10-5(6(11)13)12(14)15;;/h2,8H;;/q;+1;-1. The van der Waals surface area contributed by atoms with Crippen LogP contribution in [0, 0.1) is 21.4 Å². The van der Waals surface area contributed by atoms with Crippen molar-refractivity contribution >= 4 is 11.5 Å². The molecule has 0 amide bonds. The van der Waals surface area contributed by atoms with Crippen molar-refractivity contribution in [1.29, 1.82) is 5.26 Å². The third-order valence-electron chi connectivity index (χ3n) is 1.72. The van der Waals surface area contributed by atoms with E-state index >= 15 is 0 Å². The molecule has 0 saturated heterocycles. The number of nitro groups is 1. The van der Waals surface area contributed by atoms with Crippen LogP contribution in [0.5, 0.6) is 0 Å². The summed E-state index contributed by atoms with van der Waals surface area (Å²) in [5, 5.41) is 27.9. The maximum atomic E-state index is 11.4. The van der Waals surface area contributed by atoms with E-state index in [4.69, 9.17) is 5.26 Å². The minimum Gasteiger partial charge on any atom is -1.00 e. The van der Waals surface area contributed by atoms with E-state index in [0.29, 0.717) is 0 Å². The number of H-pyrrole nitrogens is 1. The number of hydrogen-bond acceptors (Lipinski definition) is 6. The fourth-order valence-corrected chi connectivity index (χ4v) is 1.06. The Labute approximate surface area is 111 Å². The molecule has 10 heteroatoms. The van der Waals surface area contributed by atoms with Crippen LogP contribution >= 0.6 is 0 Å². The van der Waals surface area contributed by atoms with E-state index in [0.717, 1.165) is 4.52 Å². The number of hydrogen-bond donors (Lipinski definition) is 1. The van der Waals surface area contributed by atoms with E-state index in [1.165, 1.54) is 6.20 Å². The molecule has 0 atom stereocenters. The molecule has 2 aromatic rings. The van der Waals surface area contributed by atoms with Gasteiger partial charge in [0.1, 0.15) is 11.6 Å². The molecule has 0 aliphatic rings. The molecule has 0 saturated carbocycles. The molecule has 0 fully saturated rings. The van der Waals surface area contributed by atoms with E-state index in [-0.39, 0.29) is 42.2 Å². The topological polar surface area (TPSA) is 130 Å². The van der Waals surface area contributed by atoms with Gasteiger partial charge in [-0.2, -0.15) is 9.78 Å². The number of aromatic amines is 1. The molecule has 0 bridgehead atoms. The molecule has 9 nitrogen and oxygen atoms in total. The second kappa shape index (κ2) is 4.40. The SMILES string of the molecule is N#Cc1c[nH]n2c(=O)c([N+](=O)[O-])nnc12.[H-].[Na+]. The van der Waals surface area contributed by atoms with Crippen LogP contribution in [0.3, 0.4) is 0 Å². The van der Waals surface area contributed by atoms with Crippen LogP contribution in [-0.2, 0) is 0 Å². The Bertz CT molecular complexity index is 658. The summed E-state index contributed by atoms with van der Waals surface area (Å²) in [5.74, 6) is -0.890. The van der Waals surface area contributed by atoms with Crippen LogP contribution in [-0.4, -0.2) is 24.7 Å². The Balaban J connectivity index is 0.00000128. The van der Waals surface area contributed by atoms with Crippen molar-refractivity contribution in [2.24, 2.45) is 0 Å². The van der Waals surface area contributed by atoms with Gasteiger partial charge in [0, 0.05) is 6.20 Å². The first-order chi connectivity index (χ1) is 7.15. The van der Waals surface area contributed by atoms with E-state index in [1.54, 1.807) is 6.07 Å². The summed E-state index contributed by atoms with van der Waals surface area (Å²) in [7, 11) is 0. The van der Waals surface area contributed by atoms with Gasteiger partial charge in [-0.05, 0) is 10.0 Å². The zero-order valence-electron chi connectivity index (χ0n) is 9.04. The molecule has 0 aromatic carbocycles. The van der Waals surface area contributed by atoms with Gasteiger partial charge < -0.3 is 11.5 Å². The van der Waals surface area contributed by atoms with Crippen LogP contribution in [0.4, 0.5) is 5.82 Å². The molecule has 2 heterocycles. The summed E-state index contributed by atoms with van der Waals surface area (Å²) in [6, 6.07) is 1.76. The predicted molar refractivity (Wildman–Crippen MR) is 46.1 cm³/mol. The first-order valence-electron chi connectivity index (χ1n) is 3.66. The monoisotopic (exact) mass is 230 g/mol. The maximum absolute atomic E-state index is 11.4. The van der Waals surface area contributed by atoms with Gasteiger partial charge in [0.05, 0.1) is 5.10 Å². The van der Waals surface area contributed by atoms with E-state index in [1.807, 2.05) is 0 Å². The van der Waals surface area contributed by atoms with Gasteiger partial charge in [-0.1, -0.05) is 0 Å². The van der Waals surface area contributed by atoms with Crippen molar-refractivity contribution < 1.29 is 35.9 Å². The minimum atomic E-state index is -0.952. The summed E-state index contributed by atoms with van der Waals surface area (Å²) < 4.78 is 0.795. The molecule has 2 rings (SSSR count). The second-order valence-electron chi connectivity index (χ2n) is 2.54. The molecule has 76 valence electrons. The zero-order chi connectivity index (χ0) is 11.0. The first-order valence-corrected chi connectivity index (χ1v) is 3.66. The summed E-state index contributed by atoms with van der Waals surface area (Å²) in [4.78, 5) is 20.8. The van der Waals surface area contributed by atoms with Crippen molar-refractivity contribution in [3.8, 4) is 6.07 Å². The Hall–Kier alpha value is -1.76. The normalized spacial score (nSPS) is 9.44. The van der Waals surface area contributed by atoms with Gasteiger partial charge in [0.15, 0.2) is 0 Å². The van der Waals surface area contributed by atoms with Crippen LogP contribution in [0.1, 0.15) is 6.99 Å². The molecular formula is C6H3N6NaO3. The van der Waals surface area contributed by atoms with E-state index in [2.05, 4.69) is 15.3 Å². The molecule has 0 radical (unpaired) electrons. The van der Waals surface area contributed by atoms with Crippen molar-refractivity contribution in [2.45, 2.75) is 0 Å². The number of nitrogens with one attached hydrogen (secondary N) is 1.